The number of nitrogens with zero attached hydrogens (tertiary/aromatic N) is 3. The van der Waals surface area contributed by atoms with Gasteiger partial charge in [-0.05, 0) is 18.6 Å². The molecule has 1 unspecified atom stereocenters. The van der Waals surface area contributed by atoms with Crippen LogP contribution in [-0.2, 0) is 16.1 Å². The Labute approximate surface area is 186 Å². The normalized spacial score (nSPS) is 18.0. The largest absolute Gasteiger partial charge is 0.378 e. The van der Waals surface area contributed by atoms with Gasteiger partial charge < -0.3 is 5.32 Å². The van der Waals surface area contributed by atoms with Crippen LogP contribution in [0.4, 0.5) is 5.69 Å². The van der Waals surface area contributed by atoms with Crippen LogP contribution in [0, 0.1) is 0 Å². The van der Waals surface area contributed by atoms with Gasteiger partial charge in [-0.15, -0.1) is 10.2 Å². The minimum atomic E-state index is -0.996. The standard InChI is InChI=1S/C22H17N5O4S/c28-16-10-9-15(19(29)24-16)27-21(30)13-7-4-8-14(18(13)22(27)31)23-11-17-25-26-20(32-17)12-5-2-1-3-6-12/h1-8,15,23H,9-11H2,(H,24,28,29). The fraction of sp³-hybridized carbons (Fsp3) is 0.182. The molecule has 0 bridgehead atoms. The number of amides is 4. The van der Waals surface area contributed by atoms with Crippen molar-refractivity contribution < 1.29 is 19.2 Å². The minimum Gasteiger partial charge on any atom is -0.378 e. The molecule has 4 amide bonds. The van der Waals surface area contributed by atoms with E-state index < -0.39 is 29.7 Å². The lowest BCUT2D eigenvalue weighted by Gasteiger charge is -2.27. The van der Waals surface area contributed by atoms with E-state index in [-0.39, 0.29) is 24.0 Å². The highest BCUT2D eigenvalue weighted by atomic mass is 32.1. The van der Waals surface area contributed by atoms with Crippen LogP contribution in [0.1, 0.15) is 38.6 Å². The Morgan fingerprint density at radius 2 is 1.81 bits per heavy atom. The Morgan fingerprint density at radius 3 is 2.59 bits per heavy atom. The quantitative estimate of drug-likeness (QED) is 0.575. The molecular formula is C22H17N5O4S. The van der Waals surface area contributed by atoms with Crippen molar-refractivity contribution in [3.8, 4) is 10.6 Å². The summed E-state index contributed by atoms with van der Waals surface area (Å²) in [5.74, 6) is -2.13. The zero-order valence-electron chi connectivity index (χ0n) is 16.7. The first-order chi connectivity index (χ1) is 15.5. The third kappa shape index (κ3) is 3.44. The number of piperidine rings is 1. The number of anilines is 1. The van der Waals surface area contributed by atoms with E-state index in [0.29, 0.717) is 12.2 Å². The second kappa shape index (κ2) is 7.97. The zero-order chi connectivity index (χ0) is 22.2. The maximum Gasteiger partial charge on any atom is 0.264 e. The molecule has 160 valence electrons. The molecule has 32 heavy (non-hydrogen) atoms. The first kappa shape index (κ1) is 20.0. The van der Waals surface area contributed by atoms with E-state index in [0.717, 1.165) is 20.5 Å². The highest BCUT2D eigenvalue weighted by Gasteiger charge is 2.45. The summed E-state index contributed by atoms with van der Waals surface area (Å²) in [4.78, 5) is 50.7. The third-order valence-corrected chi connectivity index (χ3v) is 6.36. The number of hydrogen-bond donors (Lipinski definition) is 2. The number of fused-ring (bicyclic) bond motifs is 1. The minimum absolute atomic E-state index is 0.0791. The van der Waals surface area contributed by atoms with Crippen LogP contribution in [-0.4, -0.2) is 44.8 Å². The summed E-state index contributed by atoms with van der Waals surface area (Å²) >= 11 is 1.43. The molecule has 2 N–H and O–H groups in total. The van der Waals surface area contributed by atoms with Crippen molar-refractivity contribution in [2.45, 2.75) is 25.4 Å². The van der Waals surface area contributed by atoms with Crippen molar-refractivity contribution in [1.29, 1.82) is 0 Å². The molecular weight excluding hydrogens is 430 g/mol. The molecule has 2 aromatic carbocycles. The molecule has 1 atom stereocenters. The third-order valence-electron chi connectivity index (χ3n) is 5.39. The summed E-state index contributed by atoms with van der Waals surface area (Å²) in [6.07, 6.45) is 0.196. The summed E-state index contributed by atoms with van der Waals surface area (Å²) in [5, 5.41) is 15.3. The van der Waals surface area contributed by atoms with Crippen LogP contribution in [0.15, 0.2) is 48.5 Å². The summed E-state index contributed by atoms with van der Waals surface area (Å²) < 4.78 is 0. The van der Waals surface area contributed by atoms with Gasteiger partial charge in [0.1, 0.15) is 16.1 Å². The molecule has 0 saturated carbocycles. The Hall–Kier alpha value is -3.92. The van der Waals surface area contributed by atoms with Gasteiger partial charge >= 0.3 is 0 Å². The smallest absolute Gasteiger partial charge is 0.264 e. The van der Waals surface area contributed by atoms with Gasteiger partial charge in [-0.2, -0.15) is 0 Å². The van der Waals surface area contributed by atoms with Gasteiger partial charge in [-0.3, -0.25) is 29.4 Å². The Bertz CT molecular complexity index is 1260. The predicted octanol–water partition coefficient (Wildman–Crippen LogP) is 2.22. The number of hydrogen-bond acceptors (Lipinski definition) is 8. The molecule has 1 aromatic heterocycles. The second-order valence-electron chi connectivity index (χ2n) is 7.40. The second-order valence-corrected chi connectivity index (χ2v) is 8.46. The van der Waals surface area contributed by atoms with Crippen LogP contribution in [0.5, 0.6) is 0 Å². The van der Waals surface area contributed by atoms with Crippen LogP contribution >= 0.6 is 11.3 Å². The highest BCUT2D eigenvalue weighted by molar-refractivity contribution is 7.14. The lowest BCUT2D eigenvalue weighted by atomic mass is 10.0. The van der Waals surface area contributed by atoms with Crippen LogP contribution < -0.4 is 10.6 Å². The number of rotatable bonds is 5. The fourth-order valence-corrected chi connectivity index (χ4v) is 4.64. The lowest BCUT2D eigenvalue weighted by Crippen LogP contribution is -2.54. The molecule has 1 saturated heterocycles. The van der Waals surface area contributed by atoms with Gasteiger partial charge in [0.15, 0.2) is 0 Å². The highest BCUT2D eigenvalue weighted by Crippen LogP contribution is 2.33. The number of carbonyl (C=O) groups is 4. The molecule has 2 aliphatic heterocycles. The van der Waals surface area contributed by atoms with Crippen molar-refractivity contribution in [3.05, 3.63) is 64.7 Å². The lowest BCUT2D eigenvalue weighted by molar-refractivity contribution is -0.136. The first-order valence-electron chi connectivity index (χ1n) is 9.99. The molecule has 9 nitrogen and oxygen atoms in total. The number of carbonyl (C=O) groups excluding carboxylic acids is 4. The number of benzene rings is 2. The number of aromatic nitrogens is 2. The van der Waals surface area contributed by atoms with E-state index in [1.807, 2.05) is 30.3 Å². The molecule has 0 radical (unpaired) electrons. The number of imide groups is 2. The van der Waals surface area contributed by atoms with Gasteiger partial charge in [-0.25, -0.2) is 0 Å². The maximum absolute atomic E-state index is 13.1. The summed E-state index contributed by atoms with van der Waals surface area (Å²) in [7, 11) is 0. The summed E-state index contributed by atoms with van der Waals surface area (Å²) in [6.45, 7) is 0.320. The van der Waals surface area contributed by atoms with E-state index in [4.69, 9.17) is 0 Å². The zero-order valence-corrected chi connectivity index (χ0v) is 17.5. The van der Waals surface area contributed by atoms with E-state index in [2.05, 4.69) is 20.8 Å². The van der Waals surface area contributed by atoms with E-state index in [1.165, 1.54) is 11.3 Å². The Balaban J connectivity index is 1.36. The monoisotopic (exact) mass is 447 g/mol. The Morgan fingerprint density at radius 1 is 1.00 bits per heavy atom. The number of nitrogens with one attached hydrogen (secondary N) is 2. The van der Waals surface area contributed by atoms with Gasteiger partial charge in [0, 0.05) is 17.7 Å². The summed E-state index contributed by atoms with van der Waals surface area (Å²) in [6, 6.07) is 13.6. The van der Waals surface area contributed by atoms with Gasteiger partial charge in [0.05, 0.1) is 17.7 Å². The van der Waals surface area contributed by atoms with Crippen molar-refractivity contribution in [2.24, 2.45) is 0 Å². The molecule has 10 heteroatoms. The van der Waals surface area contributed by atoms with Crippen LogP contribution in [0.3, 0.4) is 0 Å². The average molecular weight is 447 g/mol. The molecule has 2 aliphatic rings. The van der Waals surface area contributed by atoms with Gasteiger partial charge in [0.25, 0.3) is 11.8 Å². The van der Waals surface area contributed by atoms with Crippen LogP contribution in [0.2, 0.25) is 0 Å². The molecule has 3 aromatic rings. The van der Waals surface area contributed by atoms with E-state index >= 15 is 0 Å². The average Bonchev–Trinajstić information content (AvgIpc) is 3.37. The molecule has 1 fully saturated rings. The van der Waals surface area contributed by atoms with Gasteiger partial charge in [-0.1, -0.05) is 47.7 Å². The molecule has 3 heterocycles. The predicted molar refractivity (Wildman–Crippen MR) is 116 cm³/mol. The van der Waals surface area contributed by atoms with Crippen LogP contribution in [0.25, 0.3) is 10.6 Å². The Kier molecular flexibility index (Phi) is 4.98. The first-order valence-corrected chi connectivity index (χ1v) is 10.8. The topological polar surface area (TPSA) is 121 Å². The molecule has 0 aliphatic carbocycles. The van der Waals surface area contributed by atoms with Crippen molar-refractivity contribution in [1.82, 2.24) is 20.4 Å². The molecule has 0 spiro atoms. The SMILES string of the molecule is O=C1CCC(N2C(=O)c3cccc(NCc4nnc(-c5ccccc5)s4)c3C2=O)C(=O)N1. The summed E-state index contributed by atoms with van der Waals surface area (Å²) in [5.41, 5.74) is 1.89. The van der Waals surface area contributed by atoms with Gasteiger partial charge in [0.2, 0.25) is 11.8 Å². The van der Waals surface area contributed by atoms with Crippen molar-refractivity contribution in [2.75, 3.05) is 5.32 Å². The maximum atomic E-state index is 13.1. The fourth-order valence-electron chi connectivity index (χ4n) is 3.86. The van der Waals surface area contributed by atoms with Crippen molar-refractivity contribution >= 4 is 40.7 Å². The molecule has 5 rings (SSSR count). The van der Waals surface area contributed by atoms with E-state index in [9.17, 15) is 19.2 Å². The van der Waals surface area contributed by atoms with E-state index in [1.54, 1.807) is 18.2 Å². The van der Waals surface area contributed by atoms with Crippen molar-refractivity contribution in [3.63, 3.8) is 0 Å².